The Morgan fingerprint density at radius 1 is 1.21 bits per heavy atom. The van der Waals surface area contributed by atoms with Gasteiger partial charge in [-0.25, -0.2) is 4.79 Å². The number of ether oxygens (including phenoxy) is 1. The third-order valence-electron chi connectivity index (χ3n) is 4.15. The fourth-order valence-corrected chi connectivity index (χ4v) is 2.78. The van der Waals surface area contributed by atoms with Gasteiger partial charge in [0.15, 0.2) is 0 Å². The topological polar surface area (TPSA) is 61.8 Å². The maximum Gasteiger partial charge on any atom is 0.322 e. The first kappa shape index (κ1) is 16.3. The van der Waals surface area contributed by atoms with E-state index in [1.54, 1.807) is 4.90 Å². The Morgan fingerprint density at radius 3 is 2.62 bits per heavy atom. The lowest BCUT2D eigenvalue weighted by Gasteiger charge is -2.20. The number of rotatable bonds is 4. The minimum Gasteiger partial charge on any atom is -0.484 e. The summed E-state index contributed by atoms with van der Waals surface area (Å²) >= 11 is 0. The van der Waals surface area contributed by atoms with Crippen LogP contribution in [0, 0.1) is 0 Å². The highest BCUT2D eigenvalue weighted by Gasteiger charge is 2.25. The number of urea groups is 1. The molecule has 2 N–H and O–H groups in total. The molecule has 2 aromatic rings. The average molecular weight is 326 g/mol. The number of anilines is 1. The molecule has 0 radical (unpaired) electrons. The van der Waals surface area contributed by atoms with Crippen LogP contribution in [-0.4, -0.2) is 35.2 Å². The quantitative estimate of drug-likeness (QED) is 0.905. The molecule has 0 spiro atoms. The number of para-hydroxylation sites is 2. The van der Waals surface area contributed by atoms with E-state index in [1.165, 1.54) is 0 Å². The van der Waals surface area contributed by atoms with Gasteiger partial charge in [0.25, 0.3) is 0 Å². The number of hydrogen-bond donors (Lipinski definition) is 2. The van der Waals surface area contributed by atoms with Crippen LogP contribution in [0.1, 0.15) is 25.0 Å². The molecule has 1 aliphatic rings. The van der Waals surface area contributed by atoms with Gasteiger partial charge in [0.2, 0.25) is 0 Å². The molecule has 0 unspecified atom stereocenters. The zero-order valence-electron chi connectivity index (χ0n) is 13.7. The predicted octanol–water partition coefficient (Wildman–Crippen LogP) is 3.43. The van der Waals surface area contributed by atoms with Crippen LogP contribution in [0.25, 0.3) is 0 Å². The molecule has 1 aliphatic heterocycles. The minimum atomic E-state index is -0.430. The summed E-state index contributed by atoms with van der Waals surface area (Å²) in [6, 6.07) is 17.1. The molecule has 1 saturated heterocycles. The first-order chi connectivity index (χ1) is 11.6. The monoisotopic (exact) mass is 326 g/mol. The molecule has 0 aromatic heterocycles. The van der Waals surface area contributed by atoms with Gasteiger partial charge in [-0.1, -0.05) is 42.5 Å². The zero-order chi connectivity index (χ0) is 16.9. The van der Waals surface area contributed by atoms with Crippen LogP contribution >= 0.6 is 0 Å². The maximum absolute atomic E-state index is 12.3. The lowest BCUT2D eigenvalue weighted by Crippen LogP contribution is -2.33. The van der Waals surface area contributed by atoms with Gasteiger partial charge in [-0.15, -0.1) is 0 Å². The van der Waals surface area contributed by atoms with Crippen LogP contribution in [0.3, 0.4) is 0 Å². The second-order valence-electron chi connectivity index (χ2n) is 5.99. The summed E-state index contributed by atoms with van der Waals surface area (Å²) in [4.78, 5) is 13.9. The van der Waals surface area contributed by atoms with Crippen molar-refractivity contribution in [2.75, 3.05) is 18.4 Å². The first-order valence-electron chi connectivity index (χ1n) is 8.18. The lowest BCUT2D eigenvalue weighted by atomic mass is 10.1. The molecule has 0 saturated carbocycles. The molecule has 5 nitrogen and oxygen atoms in total. The Morgan fingerprint density at radius 2 is 1.92 bits per heavy atom. The molecule has 2 amide bonds. The lowest BCUT2D eigenvalue weighted by molar-refractivity contribution is 0.176. The van der Waals surface area contributed by atoms with Gasteiger partial charge in [0.1, 0.15) is 11.9 Å². The van der Waals surface area contributed by atoms with E-state index in [-0.39, 0.29) is 12.1 Å². The molecule has 5 heteroatoms. The van der Waals surface area contributed by atoms with E-state index in [1.807, 2.05) is 61.5 Å². The molecule has 1 fully saturated rings. The Balaban J connectivity index is 1.70. The number of aliphatic hydroxyl groups excluding tert-OH is 1. The normalized spacial score (nSPS) is 18.2. The number of β-amino-alcohol motifs (C(OH)–C–C–N with tert-alkyl or cyclic N) is 1. The molecule has 24 heavy (non-hydrogen) atoms. The summed E-state index contributed by atoms with van der Waals surface area (Å²) in [5.74, 6) is 0.627. The van der Waals surface area contributed by atoms with Crippen molar-refractivity contribution in [2.45, 2.75) is 25.6 Å². The summed E-state index contributed by atoms with van der Waals surface area (Å²) in [6.07, 6.45) is 0.0644. The van der Waals surface area contributed by atoms with Crippen molar-refractivity contribution in [3.05, 3.63) is 60.2 Å². The minimum absolute atomic E-state index is 0.127. The predicted molar refractivity (Wildman–Crippen MR) is 93.1 cm³/mol. The van der Waals surface area contributed by atoms with Crippen LogP contribution in [0.2, 0.25) is 0 Å². The number of benzene rings is 2. The summed E-state index contributed by atoms with van der Waals surface area (Å²) in [6.45, 7) is 2.91. The Labute approximate surface area is 141 Å². The molecule has 0 aliphatic carbocycles. The van der Waals surface area contributed by atoms with E-state index in [9.17, 15) is 9.90 Å². The van der Waals surface area contributed by atoms with Gasteiger partial charge < -0.3 is 20.1 Å². The van der Waals surface area contributed by atoms with Crippen LogP contribution in [0.15, 0.2) is 54.6 Å². The van der Waals surface area contributed by atoms with Gasteiger partial charge in [-0.05, 0) is 31.0 Å². The summed E-state index contributed by atoms with van der Waals surface area (Å²) < 4.78 is 6.03. The third-order valence-corrected chi connectivity index (χ3v) is 4.15. The van der Waals surface area contributed by atoms with Crippen LogP contribution in [0.5, 0.6) is 5.75 Å². The highest BCUT2D eigenvalue weighted by molar-refractivity contribution is 5.91. The first-order valence-corrected chi connectivity index (χ1v) is 8.18. The number of nitrogens with one attached hydrogen (secondary N) is 1. The number of hydrogen-bond acceptors (Lipinski definition) is 3. The maximum atomic E-state index is 12.3. The third kappa shape index (κ3) is 3.86. The largest absolute Gasteiger partial charge is 0.484 e. The van der Waals surface area contributed by atoms with Crippen molar-refractivity contribution in [1.29, 1.82) is 0 Å². The van der Waals surface area contributed by atoms with E-state index >= 15 is 0 Å². The molecule has 0 bridgehead atoms. The van der Waals surface area contributed by atoms with Crippen LogP contribution in [0.4, 0.5) is 10.5 Å². The van der Waals surface area contributed by atoms with Gasteiger partial charge >= 0.3 is 6.03 Å². The number of likely N-dealkylation sites (tertiary alicyclic amines) is 1. The second kappa shape index (κ2) is 7.36. The SMILES string of the molecule is C[C@H](Oc1ccccc1NC(=O)N1CC[C@H](O)C1)c1ccccc1. The van der Waals surface area contributed by atoms with Crippen LogP contribution < -0.4 is 10.1 Å². The second-order valence-corrected chi connectivity index (χ2v) is 5.99. The Kier molecular flexibility index (Phi) is 5.01. The number of amides is 2. The molecule has 126 valence electrons. The van der Waals surface area contributed by atoms with Gasteiger partial charge in [0, 0.05) is 13.1 Å². The fraction of sp³-hybridized carbons (Fsp3) is 0.316. The van der Waals surface area contributed by atoms with E-state index < -0.39 is 6.10 Å². The number of carbonyl (C=O) groups excluding carboxylic acids is 1. The summed E-state index contributed by atoms with van der Waals surface area (Å²) in [7, 11) is 0. The zero-order valence-corrected chi connectivity index (χ0v) is 13.7. The van der Waals surface area contributed by atoms with E-state index in [4.69, 9.17) is 4.74 Å². The van der Waals surface area contributed by atoms with Crippen molar-refractivity contribution in [3.8, 4) is 5.75 Å². The molecular weight excluding hydrogens is 304 g/mol. The molecule has 1 heterocycles. The standard InChI is InChI=1S/C19H22N2O3/c1-14(15-7-3-2-4-8-15)24-18-10-6-5-9-17(18)20-19(23)21-12-11-16(22)13-21/h2-10,14,16,22H,11-13H2,1H3,(H,20,23)/t14-,16-/m0/s1. The number of aliphatic hydroxyl groups is 1. The van der Waals surface area contributed by atoms with Gasteiger partial charge in [-0.3, -0.25) is 0 Å². The molecule has 2 aromatic carbocycles. The summed E-state index contributed by atoms with van der Waals surface area (Å²) in [5, 5.41) is 12.4. The Hall–Kier alpha value is -2.53. The average Bonchev–Trinajstić information content (AvgIpc) is 3.04. The van der Waals surface area contributed by atoms with Crippen molar-refractivity contribution >= 4 is 11.7 Å². The summed E-state index contributed by atoms with van der Waals surface area (Å²) in [5.41, 5.74) is 1.70. The van der Waals surface area contributed by atoms with Crippen molar-refractivity contribution < 1.29 is 14.6 Å². The molecular formula is C19H22N2O3. The molecule has 2 atom stereocenters. The van der Waals surface area contributed by atoms with Crippen molar-refractivity contribution in [3.63, 3.8) is 0 Å². The fourth-order valence-electron chi connectivity index (χ4n) is 2.78. The number of carbonyl (C=O) groups is 1. The Bertz CT molecular complexity index is 690. The highest BCUT2D eigenvalue weighted by atomic mass is 16.5. The van der Waals surface area contributed by atoms with Gasteiger partial charge in [0.05, 0.1) is 11.8 Å². The van der Waals surface area contributed by atoms with E-state index in [0.29, 0.717) is 30.9 Å². The van der Waals surface area contributed by atoms with Crippen molar-refractivity contribution in [1.82, 2.24) is 4.90 Å². The van der Waals surface area contributed by atoms with Crippen LogP contribution in [-0.2, 0) is 0 Å². The smallest absolute Gasteiger partial charge is 0.322 e. The molecule has 3 rings (SSSR count). The van der Waals surface area contributed by atoms with E-state index in [0.717, 1.165) is 5.56 Å². The van der Waals surface area contributed by atoms with Gasteiger partial charge in [-0.2, -0.15) is 0 Å². The van der Waals surface area contributed by atoms with Crippen molar-refractivity contribution in [2.24, 2.45) is 0 Å². The van der Waals surface area contributed by atoms with E-state index in [2.05, 4.69) is 5.32 Å². The highest BCUT2D eigenvalue weighted by Crippen LogP contribution is 2.29. The number of nitrogens with zero attached hydrogens (tertiary/aromatic N) is 1.